The van der Waals surface area contributed by atoms with Crippen molar-refractivity contribution in [1.29, 1.82) is 0 Å². The highest BCUT2D eigenvalue weighted by atomic mass is 14.9. The van der Waals surface area contributed by atoms with Crippen molar-refractivity contribution in [3.63, 3.8) is 0 Å². The summed E-state index contributed by atoms with van der Waals surface area (Å²) in [4.78, 5) is 8.22. The highest BCUT2D eigenvalue weighted by molar-refractivity contribution is 6.06. The summed E-state index contributed by atoms with van der Waals surface area (Å²) >= 11 is 0. The number of nitrogens with one attached hydrogen (secondary N) is 1. The van der Waals surface area contributed by atoms with Crippen molar-refractivity contribution in [2.75, 3.05) is 0 Å². The molecule has 0 fully saturated rings. The third-order valence-electron chi connectivity index (χ3n) is 4.27. The van der Waals surface area contributed by atoms with Gasteiger partial charge in [-0.05, 0) is 49.1 Å². The van der Waals surface area contributed by atoms with E-state index in [9.17, 15) is 0 Å². The van der Waals surface area contributed by atoms with E-state index in [4.69, 9.17) is 4.98 Å². The monoisotopic (exact) mass is 286 g/mol. The Morgan fingerprint density at radius 2 is 1.73 bits per heavy atom. The molecular weight excluding hydrogens is 268 g/mol. The highest BCUT2D eigenvalue weighted by Gasteiger charge is 2.09. The number of aromatic amines is 1. The SMILES string of the molecule is Cc1ccc2c(c1)[nH]c1nc(C)c(Cc3ccccc3)cc12. The molecule has 0 aliphatic rings. The van der Waals surface area contributed by atoms with E-state index in [0.29, 0.717) is 0 Å². The Hall–Kier alpha value is -2.61. The molecule has 0 saturated heterocycles. The van der Waals surface area contributed by atoms with E-state index in [1.54, 1.807) is 0 Å². The topological polar surface area (TPSA) is 28.7 Å². The molecule has 22 heavy (non-hydrogen) atoms. The summed E-state index contributed by atoms with van der Waals surface area (Å²) in [5, 5.41) is 2.47. The van der Waals surface area contributed by atoms with E-state index >= 15 is 0 Å². The smallest absolute Gasteiger partial charge is 0.138 e. The van der Waals surface area contributed by atoms with Gasteiger partial charge in [-0.25, -0.2) is 4.98 Å². The van der Waals surface area contributed by atoms with Crippen LogP contribution in [-0.2, 0) is 6.42 Å². The number of rotatable bonds is 2. The molecule has 0 saturated carbocycles. The molecule has 0 bridgehead atoms. The molecule has 0 atom stereocenters. The quantitative estimate of drug-likeness (QED) is 0.556. The van der Waals surface area contributed by atoms with Crippen LogP contribution in [0.25, 0.3) is 21.9 Å². The molecule has 1 N–H and O–H groups in total. The van der Waals surface area contributed by atoms with Crippen LogP contribution in [0.2, 0.25) is 0 Å². The number of aryl methyl sites for hydroxylation is 2. The van der Waals surface area contributed by atoms with Crippen LogP contribution in [-0.4, -0.2) is 9.97 Å². The van der Waals surface area contributed by atoms with Gasteiger partial charge >= 0.3 is 0 Å². The second-order valence-corrected chi connectivity index (χ2v) is 5.97. The third kappa shape index (κ3) is 2.17. The number of H-pyrrole nitrogens is 1. The Kier molecular flexibility index (Phi) is 2.97. The fourth-order valence-electron chi connectivity index (χ4n) is 3.07. The molecular formula is C20H18N2. The Morgan fingerprint density at radius 3 is 2.55 bits per heavy atom. The van der Waals surface area contributed by atoms with Crippen LogP contribution in [0.15, 0.2) is 54.6 Å². The van der Waals surface area contributed by atoms with Gasteiger partial charge in [0.2, 0.25) is 0 Å². The maximum Gasteiger partial charge on any atom is 0.138 e. The number of fused-ring (bicyclic) bond motifs is 3. The summed E-state index contributed by atoms with van der Waals surface area (Å²) in [5.74, 6) is 0. The third-order valence-corrected chi connectivity index (χ3v) is 4.27. The van der Waals surface area contributed by atoms with Gasteiger partial charge < -0.3 is 4.98 Å². The van der Waals surface area contributed by atoms with Crippen molar-refractivity contribution in [3.8, 4) is 0 Å². The minimum absolute atomic E-state index is 0.925. The predicted molar refractivity (Wildman–Crippen MR) is 92.3 cm³/mol. The van der Waals surface area contributed by atoms with E-state index in [-0.39, 0.29) is 0 Å². The Balaban J connectivity index is 1.89. The minimum Gasteiger partial charge on any atom is -0.339 e. The largest absolute Gasteiger partial charge is 0.339 e. The van der Waals surface area contributed by atoms with Gasteiger partial charge in [-0.3, -0.25) is 0 Å². The number of nitrogens with zero attached hydrogens (tertiary/aromatic N) is 1. The van der Waals surface area contributed by atoms with Crippen molar-refractivity contribution < 1.29 is 0 Å². The first-order valence-electron chi connectivity index (χ1n) is 7.63. The van der Waals surface area contributed by atoms with Gasteiger partial charge in [0.1, 0.15) is 5.65 Å². The molecule has 2 aromatic carbocycles. The predicted octanol–water partition coefficient (Wildman–Crippen LogP) is 4.92. The van der Waals surface area contributed by atoms with Crippen LogP contribution in [0.4, 0.5) is 0 Å². The van der Waals surface area contributed by atoms with Crippen molar-refractivity contribution >= 4 is 21.9 Å². The molecule has 4 rings (SSSR count). The summed E-state index contributed by atoms with van der Waals surface area (Å²) < 4.78 is 0. The zero-order chi connectivity index (χ0) is 15.1. The van der Waals surface area contributed by atoms with Crippen LogP contribution >= 0.6 is 0 Å². The number of hydrogen-bond acceptors (Lipinski definition) is 1. The summed E-state index contributed by atoms with van der Waals surface area (Å²) in [6.07, 6.45) is 0.925. The lowest BCUT2D eigenvalue weighted by Crippen LogP contribution is -1.95. The second kappa shape index (κ2) is 4.99. The number of hydrogen-bond donors (Lipinski definition) is 1. The van der Waals surface area contributed by atoms with Gasteiger partial charge in [0.05, 0.1) is 0 Å². The van der Waals surface area contributed by atoms with Crippen LogP contribution in [0.1, 0.15) is 22.4 Å². The minimum atomic E-state index is 0.925. The maximum atomic E-state index is 4.78. The molecule has 2 aromatic heterocycles. The Morgan fingerprint density at radius 1 is 0.909 bits per heavy atom. The average Bonchev–Trinajstić information content (AvgIpc) is 2.85. The van der Waals surface area contributed by atoms with Crippen molar-refractivity contribution in [2.45, 2.75) is 20.3 Å². The van der Waals surface area contributed by atoms with Gasteiger partial charge in [0.25, 0.3) is 0 Å². The van der Waals surface area contributed by atoms with Crippen LogP contribution in [0.3, 0.4) is 0 Å². The lowest BCUT2D eigenvalue weighted by atomic mass is 10.0. The van der Waals surface area contributed by atoms with Crippen molar-refractivity contribution in [3.05, 3.63) is 77.0 Å². The summed E-state index contributed by atoms with van der Waals surface area (Å²) in [6, 6.07) is 19.4. The summed E-state index contributed by atoms with van der Waals surface area (Å²) in [7, 11) is 0. The number of pyridine rings is 1. The molecule has 2 heteroatoms. The zero-order valence-electron chi connectivity index (χ0n) is 12.9. The Bertz CT molecular complexity index is 965. The molecule has 0 radical (unpaired) electrons. The molecule has 2 heterocycles. The molecule has 0 unspecified atom stereocenters. The van der Waals surface area contributed by atoms with E-state index in [1.165, 1.54) is 33.0 Å². The fraction of sp³-hybridized carbons (Fsp3) is 0.150. The van der Waals surface area contributed by atoms with E-state index in [2.05, 4.69) is 73.4 Å². The Labute approximate surface area is 129 Å². The van der Waals surface area contributed by atoms with E-state index < -0.39 is 0 Å². The number of aromatic nitrogens is 2. The number of benzene rings is 2. The molecule has 4 aromatic rings. The summed E-state index contributed by atoms with van der Waals surface area (Å²) in [6.45, 7) is 4.21. The molecule has 0 aliphatic carbocycles. The van der Waals surface area contributed by atoms with E-state index in [0.717, 1.165) is 17.8 Å². The standard InChI is InChI=1S/C20H18N2/c1-13-8-9-17-18-12-16(11-15-6-4-3-5-7-15)14(2)21-20(18)22-19(17)10-13/h3-10,12H,11H2,1-2H3,(H,21,22). The first-order valence-corrected chi connectivity index (χ1v) is 7.63. The molecule has 0 aliphatic heterocycles. The van der Waals surface area contributed by atoms with Crippen LogP contribution in [0, 0.1) is 13.8 Å². The van der Waals surface area contributed by atoms with Gasteiger partial charge in [-0.2, -0.15) is 0 Å². The fourth-order valence-corrected chi connectivity index (χ4v) is 3.07. The lowest BCUT2D eigenvalue weighted by Gasteiger charge is -2.06. The highest BCUT2D eigenvalue weighted by Crippen LogP contribution is 2.27. The van der Waals surface area contributed by atoms with Gasteiger partial charge in [-0.1, -0.05) is 42.5 Å². The molecule has 108 valence electrons. The van der Waals surface area contributed by atoms with E-state index in [1.807, 2.05) is 0 Å². The van der Waals surface area contributed by atoms with Crippen LogP contribution < -0.4 is 0 Å². The second-order valence-electron chi connectivity index (χ2n) is 5.97. The average molecular weight is 286 g/mol. The van der Waals surface area contributed by atoms with Gasteiger partial charge in [0, 0.05) is 22.0 Å². The van der Waals surface area contributed by atoms with Gasteiger partial charge in [-0.15, -0.1) is 0 Å². The van der Waals surface area contributed by atoms with Crippen molar-refractivity contribution in [2.24, 2.45) is 0 Å². The first-order chi connectivity index (χ1) is 10.7. The first kappa shape index (κ1) is 13.1. The molecule has 0 amide bonds. The normalized spacial score (nSPS) is 11.4. The van der Waals surface area contributed by atoms with Crippen molar-refractivity contribution in [1.82, 2.24) is 9.97 Å². The van der Waals surface area contributed by atoms with Gasteiger partial charge in [0.15, 0.2) is 0 Å². The zero-order valence-corrected chi connectivity index (χ0v) is 12.9. The maximum absolute atomic E-state index is 4.78. The molecule has 0 spiro atoms. The summed E-state index contributed by atoms with van der Waals surface area (Å²) in [5.41, 5.74) is 7.12. The molecule has 2 nitrogen and oxygen atoms in total. The lowest BCUT2D eigenvalue weighted by molar-refractivity contribution is 1.10. The van der Waals surface area contributed by atoms with Crippen LogP contribution in [0.5, 0.6) is 0 Å².